The van der Waals surface area contributed by atoms with E-state index >= 15 is 0 Å². The van der Waals surface area contributed by atoms with E-state index in [-0.39, 0.29) is 11.5 Å². The molecule has 4 nitrogen and oxygen atoms in total. The van der Waals surface area contributed by atoms with Gasteiger partial charge in [-0.05, 0) is 17.8 Å². The molecule has 0 heterocycles. The van der Waals surface area contributed by atoms with Crippen LogP contribution in [0.25, 0.3) is 0 Å². The molecule has 1 aliphatic carbocycles. The van der Waals surface area contributed by atoms with Crippen molar-refractivity contribution in [3.8, 4) is 0 Å². The largest absolute Gasteiger partial charge is 0.235 e. The molecule has 2 unspecified atom stereocenters. The lowest BCUT2D eigenvalue weighted by Gasteiger charge is -2.48. The number of hydrogen-bond acceptors (Lipinski definition) is 4. The van der Waals surface area contributed by atoms with Crippen LogP contribution in [-0.2, 0) is 9.59 Å². The molecule has 0 aromatic rings. The zero-order valence-electron chi connectivity index (χ0n) is 7.78. The first kappa shape index (κ1) is 9.85. The highest BCUT2D eigenvalue weighted by Crippen LogP contribution is 2.47. The van der Waals surface area contributed by atoms with E-state index in [0.29, 0.717) is 12.5 Å². The second-order valence-electron chi connectivity index (χ2n) is 3.92. The third-order valence-corrected chi connectivity index (χ3v) is 3.00. The maximum Gasteiger partial charge on any atom is 0.235 e. The lowest BCUT2D eigenvalue weighted by molar-refractivity contribution is 0.0468. The van der Waals surface area contributed by atoms with E-state index in [1.807, 2.05) is 13.8 Å². The van der Waals surface area contributed by atoms with Gasteiger partial charge in [0.15, 0.2) is 0 Å². The van der Waals surface area contributed by atoms with Crippen molar-refractivity contribution < 1.29 is 9.59 Å². The van der Waals surface area contributed by atoms with Crippen LogP contribution < -0.4 is 0 Å². The Kier molecular flexibility index (Phi) is 2.76. The van der Waals surface area contributed by atoms with Crippen LogP contribution in [0.3, 0.4) is 0 Å². The Bertz CT molecular complexity index is 286. The first-order valence-corrected chi connectivity index (χ1v) is 4.23. The third kappa shape index (κ3) is 1.74. The van der Waals surface area contributed by atoms with Crippen molar-refractivity contribution in [3.05, 3.63) is 0 Å². The zero-order chi connectivity index (χ0) is 9.90. The minimum absolute atomic E-state index is 0.0388. The Morgan fingerprint density at radius 2 is 2.08 bits per heavy atom. The lowest BCUT2D eigenvalue weighted by Crippen LogP contribution is -2.49. The van der Waals surface area contributed by atoms with Crippen molar-refractivity contribution in [1.82, 2.24) is 0 Å². The van der Waals surface area contributed by atoms with Crippen molar-refractivity contribution in [2.24, 2.45) is 21.3 Å². The predicted octanol–water partition coefficient (Wildman–Crippen LogP) is 1.07. The summed E-state index contributed by atoms with van der Waals surface area (Å²) in [6, 6.07) is 0.0388. The summed E-state index contributed by atoms with van der Waals surface area (Å²) in [6.07, 6.45) is 3.90. The summed E-state index contributed by atoms with van der Waals surface area (Å²) < 4.78 is 0. The number of rotatable bonds is 3. The fourth-order valence-corrected chi connectivity index (χ4v) is 1.73. The summed E-state index contributed by atoms with van der Waals surface area (Å²) in [5.41, 5.74) is -0.0439. The van der Waals surface area contributed by atoms with Crippen LogP contribution in [0.4, 0.5) is 0 Å². The Hall–Kier alpha value is -1.24. The second kappa shape index (κ2) is 3.65. The molecule has 1 rings (SSSR count). The van der Waals surface area contributed by atoms with Crippen molar-refractivity contribution >= 4 is 12.2 Å². The molecule has 13 heavy (non-hydrogen) atoms. The quantitative estimate of drug-likeness (QED) is 0.482. The molecule has 1 saturated carbocycles. The molecular formula is C9H12N2O2. The minimum atomic E-state index is -0.0439. The van der Waals surface area contributed by atoms with Gasteiger partial charge in [-0.15, -0.1) is 0 Å². The first-order valence-electron chi connectivity index (χ1n) is 4.23. The van der Waals surface area contributed by atoms with Crippen LogP contribution in [0, 0.1) is 11.3 Å². The van der Waals surface area contributed by atoms with E-state index in [4.69, 9.17) is 0 Å². The van der Waals surface area contributed by atoms with E-state index in [0.717, 1.165) is 6.42 Å². The van der Waals surface area contributed by atoms with Crippen LogP contribution in [-0.4, -0.2) is 24.7 Å². The Morgan fingerprint density at radius 3 is 2.54 bits per heavy atom. The SMILES string of the molecule is CC1(C)C(CN=C=O)CC1N=C=O. The number of hydrogen-bond donors (Lipinski definition) is 0. The molecule has 0 aromatic heterocycles. The van der Waals surface area contributed by atoms with Gasteiger partial charge in [-0.25, -0.2) is 19.6 Å². The van der Waals surface area contributed by atoms with Gasteiger partial charge in [0.2, 0.25) is 12.2 Å². The van der Waals surface area contributed by atoms with Crippen LogP contribution in [0.2, 0.25) is 0 Å². The molecule has 0 spiro atoms. The summed E-state index contributed by atoms with van der Waals surface area (Å²) in [5, 5.41) is 0. The fraction of sp³-hybridized carbons (Fsp3) is 0.778. The van der Waals surface area contributed by atoms with Crippen molar-refractivity contribution in [2.75, 3.05) is 6.54 Å². The highest BCUT2D eigenvalue weighted by Gasteiger charge is 2.48. The van der Waals surface area contributed by atoms with Gasteiger partial charge in [0.1, 0.15) is 0 Å². The molecule has 0 N–H and O–H groups in total. The van der Waals surface area contributed by atoms with E-state index < -0.39 is 0 Å². The zero-order valence-corrected chi connectivity index (χ0v) is 7.78. The van der Waals surface area contributed by atoms with E-state index in [2.05, 4.69) is 9.98 Å². The molecule has 70 valence electrons. The van der Waals surface area contributed by atoms with Gasteiger partial charge in [-0.3, -0.25) is 0 Å². The summed E-state index contributed by atoms with van der Waals surface area (Å²) >= 11 is 0. The summed E-state index contributed by atoms with van der Waals surface area (Å²) in [7, 11) is 0. The van der Waals surface area contributed by atoms with Crippen LogP contribution >= 0.6 is 0 Å². The molecule has 1 aliphatic rings. The normalized spacial score (nSPS) is 29.4. The molecular weight excluding hydrogens is 168 g/mol. The van der Waals surface area contributed by atoms with Crippen molar-refractivity contribution in [2.45, 2.75) is 26.3 Å². The van der Waals surface area contributed by atoms with Crippen LogP contribution in [0.1, 0.15) is 20.3 Å². The Balaban J connectivity index is 2.58. The maximum absolute atomic E-state index is 10.0. The van der Waals surface area contributed by atoms with E-state index in [1.165, 1.54) is 6.08 Å². The smallest absolute Gasteiger partial charge is 0.211 e. The van der Waals surface area contributed by atoms with Crippen LogP contribution in [0.5, 0.6) is 0 Å². The maximum atomic E-state index is 10.0. The minimum Gasteiger partial charge on any atom is -0.211 e. The monoisotopic (exact) mass is 180 g/mol. The average molecular weight is 180 g/mol. The molecule has 4 heteroatoms. The van der Waals surface area contributed by atoms with Gasteiger partial charge in [-0.2, -0.15) is 0 Å². The molecule has 0 bridgehead atoms. The first-order chi connectivity index (χ1) is 6.12. The Labute approximate surface area is 76.8 Å². The number of carbonyl (C=O) groups excluding carboxylic acids is 2. The van der Waals surface area contributed by atoms with E-state index in [1.54, 1.807) is 6.08 Å². The number of isocyanates is 2. The fourth-order valence-electron chi connectivity index (χ4n) is 1.73. The van der Waals surface area contributed by atoms with Gasteiger partial charge in [0.05, 0.1) is 12.6 Å². The summed E-state index contributed by atoms with van der Waals surface area (Å²) in [5.74, 6) is 0.330. The van der Waals surface area contributed by atoms with Gasteiger partial charge < -0.3 is 0 Å². The van der Waals surface area contributed by atoms with Gasteiger partial charge >= 0.3 is 0 Å². The highest BCUT2D eigenvalue weighted by atomic mass is 16.1. The summed E-state index contributed by atoms with van der Waals surface area (Å²) in [6.45, 7) is 4.53. The second-order valence-corrected chi connectivity index (χ2v) is 3.92. The molecule has 1 fully saturated rings. The van der Waals surface area contributed by atoms with E-state index in [9.17, 15) is 9.59 Å². The molecule has 0 aliphatic heterocycles. The molecule has 0 amide bonds. The van der Waals surface area contributed by atoms with Gasteiger partial charge in [-0.1, -0.05) is 13.8 Å². The van der Waals surface area contributed by atoms with Gasteiger partial charge in [0, 0.05) is 0 Å². The van der Waals surface area contributed by atoms with Crippen molar-refractivity contribution in [3.63, 3.8) is 0 Å². The Morgan fingerprint density at radius 1 is 1.38 bits per heavy atom. The van der Waals surface area contributed by atoms with Crippen LogP contribution in [0.15, 0.2) is 9.98 Å². The van der Waals surface area contributed by atoms with Crippen molar-refractivity contribution in [1.29, 1.82) is 0 Å². The molecule has 2 atom stereocenters. The summed E-state index contributed by atoms with van der Waals surface area (Å²) in [4.78, 5) is 27.2. The highest BCUT2D eigenvalue weighted by molar-refractivity contribution is 5.35. The standard InChI is InChI=1S/C9H12N2O2/c1-9(2)7(4-10-5-12)3-8(9)11-6-13/h7-8H,3-4H2,1-2H3. The predicted molar refractivity (Wildman–Crippen MR) is 46.8 cm³/mol. The lowest BCUT2D eigenvalue weighted by atomic mass is 9.59. The topological polar surface area (TPSA) is 58.9 Å². The third-order valence-electron chi connectivity index (χ3n) is 3.00. The van der Waals surface area contributed by atoms with Gasteiger partial charge in [0.25, 0.3) is 0 Å². The average Bonchev–Trinajstić information content (AvgIpc) is 2.10. The number of nitrogens with zero attached hydrogens (tertiary/aromatic N) is 2. The molecule has 0 saturated heterocycles. The number of aliphatic imine (C=N–C) groups is 2. The molecule has 0 radical (unpaired) electrons. The molecule has 0 aromatic carbocycles.